The first-order chi connectivity index (χ1) is 10.6. The molecule has 0 saturated carbocycles. The summed E-state index contributed by atoms with van der Waals surface area (Å²) < 4.78 is 5.47. The Bertz CT molecular complexity index is 527. The van der Waals surface area contributed by atoms with Gasteiger partial charge >= 0.3 is 0 Å². The number of piperidine rings is 1. The molecule has 1 fully saturated rings. The second kappa shape index (κ2) is 11.2. The number of pyridine rings is 1. The van der Waals surface area contributed by atoms with Crippen LogP contribution in [0.2, 0.25) is 10.0 Å². The molecule has 1 aromatic rings. The lowest BCUT2D eigenvalue weighted by Gasteiger charge is -2.34. The second-order valence-electron chi connectivity index (χ2n) is 5.12. The van der Waals surface area contributed by atoms with Crippen LogP contribution in [-0.4, -0.2) is 49.8 Å². The molecule has 0 spiro atoms. The summed E-state index contributed by atoms with van der Waals surface area (Å²) in [5, 5.41) is 10.1. The summed E-state index contributed by atoms with van der Waals surface area (Å²) in [5.41, 5.74) is -0.721. The molecular formula is C14H22Cl4N4O2. The molecule has 0 radical (unpaired) electrons. The molecule has 0 bridgehead atoms. The molecule has 138 valence electrons. The highest BCUT2D eigenvalue weighted by molar-refractivity contribution is 6.35. The van der Waals surface area contributed by atoms with Gasteiger partial charge in [-0.1, -0.05) is 23.2 Å². The molecule has 0 aromatic carbocycles. The Morgan fingerprint density at radius 2 is 2.00 bits per heavy atom. The van der Waals surface area contributed by atoms with Gasteiger partial charge in [-0.25, -0.2) is 4.98 Å². The summed E-state index contributed by atoms with van der Waals surface area (Å²) in [6.45, 7) is 2.53. The lowest BCUT2D eigenvalue weighted by Crippen LogP contribution is -2.54. The van der Waals surface area contributed by atoms with Crippen molar-refractivity contribution >= 4 is 59.7 Å². The molecular weight excluding hydrogens is 398 g/mol. The summed E-state index contributed by atoms with van der Waals surface area (Å²) in [7, 11) is 1.58. The van der Waals surface area contributed by atoms with Crippen molar-refractivity contribution in [2.24, 2.45) is 0 Å². The topological polar surface area (TPSA) is 75.3 Å². The Labute approximate surface area is 164 Å². The summed E-state index contributed by atoms with van der Waals surface area (Å²) in [6.07, 6.45) is 2.87. The van der Waals surface area contributed by atoms with Gasteiger partial charge in [0.05, 0.1) is 10.0 Å². The third-order valence-corrected chi connectivity index (χ3v) is 4.22. The Morgan fingerprint density at radius 3 is 2.58 bits per heavy atom. The van der Waals surface area contributed by atoms with Crippen molar-refractivity contribution in [3.63, 3.8) is 0 Å². The normalized spacial score (nSPS) is 15.6. The molecule has 0 atom stereocenters. The van der Waals surface area contributed by atoms with Gasteiger partial charge in [0, 0.05) is 26.4 Å². The minimum Gasteiger partial charge on any atom is -0.368 e. The molecule has 1 aliphatic rings. The van der Waals surface area contributed by atoms with Gasteiger partial charge in [-0.3, -0.25) is 4.79 Å². The van der Waals surface area contributed by atoms with Gasteiger partial charge in [-0.15, -0.1) is 24.8 Å². The third kappa shape index (κ3) is 6.10. The minimum absolute atomic E-state index is 0. The van der Waals surface area contributed by atoms with Gasteiger partial charge in [-0.2, -0.15) is 0 Å². The number of aromatic nitrogens is 1. The first kappa shape index (κ1) is 23.5. The molecule has 1 aromatic heterocycles. The number of hydrogen-bond donors (Lipinski definition) is 3. The van der Waals surface area contributed by atoms with Gasteiger partial charge in [0.15, 0.2) is 0 Å². The van der Waals surface area contributed by atoms with E-state index in [0.29, 0.717) is 41.8 Å². The van der Waals surface area contributed by atoms with Crippen molar-refractivity contribution < 1.29 is 9.53 Å². The Morgan fingerprint density at radius 1 is 1.33 bits per heavy atom. The SMILES string of the molecule is COC1(C(=O)NCCNc2ncc(Cl)cc2Cl)CCNCC1.Cl.Cl. The van der Waals surface area contributed by atoms with Crippen LogP contribution < -0.4 is 16.0 Å². The van der Waals surface area contributed by atoms with Crippen LogP contribution in [0.5, 0.6) is 0 Å². The van der Waals surface area contributed by atoms with E-state index >= 15 is 0 Å². The van der Waals surface area contributed by atoms with Gasteiger partial charge in [0.25, 0.3) is 5.91 Å². The Hall–Kier alpha value is -0.500. The lowest BCUT2D eigenvalue weighted by molar-refractivity contribution is -0.146. The van der Waals surface area contributed by atoms with E-state index in [9.17, 15) is 4.79 Å². The van der Waals surface area contributed by atoms with Crippen LogP contribution in [0.25, 0.3) is 0 Å². The highest BCUT2D eigenvalue weighted by Gasteiger charge is 2.39. The maximum Gasteiger partial charge on any atom is 0.252 e. The van der Waals surface area contributed by atoms with E-state index < -0.39 is 5.60 Å². The van der Waals surface area contributed by atoms with Crippen LogP contribution in [-0.2, 0) is 9.53 Å². The molecule has 2 rings (SSSR count). The van der Waals surface area contributed by atoms with Gasteiger partial charge in [-0.05, 0) is 32.0 Å². The fourth-order valence-corrected chi connectivity index (χ4v) is 2.86. The Kier molecular flexibility index (Phi) is 10.9. The number of nitrogens with zero attached hydrogens (tertiary/aromatic N) is 1. The van der Waals surface area contributed by atoms with Gasteiger partial charge < -0.3 is 20.7 Å². The number of hydrogen-bond acceptors (Lipinski definition) is 5. The smallest absolute Gasteiger partial charge is 0.252 e. The van der Waals surface area contributed by atoms with Crippen molar-refractivity contribution in [3.05, 3.63) is 22.3 Å². The number of amides is 1. The van der Waals surface area contributed by atoms with E-state index in [1.54, 1.807) is 13.2 Å². The first-order valence-electron chi connectivity index (χ1n) is 7.16. The molecule has 2 heterocycles. The van der Waals surface area contributed by atoms with Crippen LogP contribution in [0, 0.1) is 0 Å². The van der Waals surface area contributed by atoms with Crippen LogP contribution in [0.1, 0.15) is 12.8 Å². The number of carbonyl (C=O) groups excluding carboxylic acids is 1. The van der Waals surface area contributed by atoms with Crippen LogP contribution in [0.4, 0.5) is 5.82 Å². The number of methoxy groups -OCH3 is 1. The van der Waals surface area contributed by atoms with Gasteiger partial charge in [0.1, 0.15) is 11.4 Å². The quantitative estimate of drug-likeness (QED) is 0.617. The highest BCUT2D eigenvalue weighted by atomic mass is 35.5. The summed E-state index contributed by atoms with van der Waals surface area (Å²) >= 11 is 11.8. The second-order valence-corrected chi connectivity index (χ2v) is 5.96. The monoisotopic (exact) mass is 418 g/mol. The van der Waals surface area contributed by atoms with Crippen molar-refractivity contribution in [2.75, 3.05) is 38.6 Å². The maximum atomic E-state index is 12.3. The van der Waals surface area contributed by atoms with Crippen LogP contribution in [0.15, 0.2) is 12.3 Å². The fraction of sp³-hybridized carbons (Fsp3) is 0.571. The lowest BCUT2D eigenvalue weighted by atomic mass is 9.91. The molecule has 0 aliphatic carbocycles. The molecule has 1 amide bonds. The number of halogens is 4. The van der Waals surface area contributed by atoms with Gasteiger partial charge in [0.2, 0.25) is 0 Å². The molecule has 1 saturated heterocycles. The average molecular weight is 420 g/mol. The molecule has 0 unspecified atom stereocenters. The van der Waals surface area contributed by atoms with Crippen molar-refractivity contribution in [3.8, 4) is 0 Å². The van der Waals surface area contributed by atoms with Crippen molar-refractivity contribution in [1.82, 2.24) is 15.6 Å². The summed E-state index contributed by atoms with van der Waals surface area (Å²) in [5.74, 6) is 0.470. The number of nitrogens with one attached hydrogen (secondary N) is 3. The van der Waals surface area contributed by atoms with E-state index in [2.05, 4.69) is 20.9 Å². The number of rotatable bonds is 6. The predicted octanol–water partition coefficient (Wildman–Crippen LogP) is 2.53. The minimum atomic E-state index is -0.721. The number of carbonyl (C=O) groups is 1. The maximum absolute atomic E-state index is 12.3. The summed E-state index contributed by atoms with van der Waals surface area (Å²) in [6, 6.07) is 1.62. The third-order valence-electron chi connectivity index (χ3n) is 3.73. The number of ether oxygens (including phenoxy) is 1. The molecule has 24 heavy (non-hydrogen) atoms. The average Bonchev–Trinajstić information content (AvgIpc) is 2.53. The largest absolute Gasteiger partial charge is 0.368 e. The van der Waals surface area contributed by atoms with E-state index in [4.69, 9.17) is 27.9 Å². The summed E-state index contributed by atoms with van der Waals surface area (Å²) in [4.78, 5) is 16.4. The van der Waals surface area contributed by atoms with E-state index in [0.717, 1.165) is 13.1 Å². The van der Waals surface area contributed by atoms with Crippen LogP contribution in [0.3, 0.4) is 0 Å². The number of anilines is 1. The van der Waals surface area contributed by atoms with Crippen molar-refractivity contribution in [1.29, 1.82) is 0 Å². The zero-order valence-corrected chi connectivity index (χ0v) is 16.4. The van der Waals surface area contributed by atoms with E-state index in [-0.39, 0.29) is 30.7 Å². The molecule has 1 aliphatic heterocycles. The molecule has 3 N–H and O–H groups in total. The first-order valence-corrected chi connectivity index (χ1v) is 7.92. The van der Waals surface area contributed by atoms with E-state index in [1.807, 2.05) is 0 Å². The van der Waals surface area contributed by atoms with Crippen LogP contribution >= 0.6 is 48.0 Å². The molecule has 10 heteroatoms. The fourth-order valence-electron chi connectivity index (χ4n) is 2.42. The molecule has 6 nitrogen and oxygen atoms in total. The zero-order valence-electron chi connectivity index (χ0n) is 13.2. The van der Waals surface area contributed by atoms with Crippen molar-refractivity contribution in [2.45, 2.75) is 18.4 Å². The Balaban J connectivity index is 0.00000264. The zero-order chi connectivity index (χ0) is 16.0. The predicted molar refractivity (Wildman–Crippen MR) is 102 cm³/mol. The standard InChI is InChI=1S/C14H20Cl2N4O2.2ClH/c1-22-14(2-4-17-5-3-14)13(21)19-7-6-18-12-11(16)8-10(15)9-20-12;;/h8-9,17H,2-7H2,1H3,(H,18,20)(H,19,21);2*1H. The highest BCUT2D eigenvalue weighted by Crippen LogP contribution is 2.23. The van der Waals surface area contributed by atoms with E-state index in [1.165, 1.54) is 6.20 Å².